The lowest BCUT2D eigenvalue weighted by Gasteiger charge is -2.28. The molecule has 0 spiro atoms. The smallest absolute Gasteiger partial charge is 0.245 e. The summed E-state index contributed by atoms with van der Waals surface area (Å²) in [6.07, 6.45) is 0.663. The second-order valence-electron chi connectivity index (χ2n) is 10.4. The van der Waals surface area contributed by atoms with Gasteiger partial charge < -0.3 is 10.2 Å². The van der Waals surface area contributed by atoms with E-state index in [0.717, 1.165) is 33.6 Å². The van der Waals surface area contributed by atoms with Crippen LogP contribution in [0.5, 0.6) is 0 Å². The highest BCUT2D eigenvalue weighted by atomic mass is 16.2. The van der Waals surface area contributed by atoms with Crippen LogP contribution in [-0.2, 0) is 9.59 Å². The molecule has 0 aliphatic rings. The third kappa shape index (κ3) is 6.45. The van der Waals surface area contributed by atoms with Crippen molar-refractivity contribution in [2.24, 2.45) is 5.92 Å². The van der Waals surface area contributed by atoms with Gasteiger partial charge in [-0.15, -0.1) is 0 Å². The fourth-order valence-electron chi connectivity index (χ4n) is 5.05. The molecule has 0 radical (unpaired) electrons. The number of aromatic nitrogens is 2. The molecule has 1 aromatic heterocycles. The number of anilines is 1. The number of carbonyl (C=O) groups is 2. The zero-order valence-electron chi connectivity index (χ0n) is 23.5. The minimum atomic E-state index is -0.294. The molecule has 6 heteroatoms. The maximum atomic E-state index is 13.8. The molecule has 1 N–H and O–H groups in total. The van der Waals surface area contributed by atoms with Gasteiger partial charge in [0.25, 0.3) is 0 Å². The Balaban J connectivity index is 1.69. The van der Waals surface area contributed by atoms with Crippen molar-refractivity contribution in [1.82, 2.24) is 14.7 Å². The van der Waals surface area contributed by atoms with Gasteiger partial charge in [-0.1, -0.05) is 99.6 Å². The number of nitrogens with one attached hydrogen (secondary N) is 1. The molecule has 0 saturated carbocycles. The van der Waals surface area contributed by atoms with Crippen LogP contribution in [0.25, 0.3) is 16.8 Å². The maximum Gasteiger partial charge on any atom is 0.245 e. The number of hydrogen-bond donors (Lipinski definition) is 1. The van der Waals surface area contributed by atoms with E-state index in [9.17, 15) is 9.59 Å². The van der Waals surface area contributed by atoms with E-state index < -0.39 is 0 Å². The second-order valence-corrected chi connectivity index (χ2v) is 10.4. The summed E-state index contributed by atoms with van der Waals surface area (Å²) in [5, 5.41) is 7.98. The van der Waals surface area contributed by atoms with Gasteiger partial charge in [0.05, 0.1) is 23.8 Å². The van der Waals surface area contributed by atoms with E-state index in [2.05, 4.69) is 19.2 Å². The number of nitrogens with zero attached hydrogens (tertiary/aromatic N) is 3. The van der Waals surface area contributed by atoms with Gasteiger partial charge in [-0.05, 0) is 48.9 Å². The first-order valence-electron chi connectivity index (χ1n) is 13.6. The molecule has 2 amide bonds. The summed E-state index contributed by atoms with van der Waals surface area (Å²) in [4.78, 5) is 29.1. The van der Waals surface area contributed by atoms with Gasteiger partial charge in [0.15, 0.2) is 0 Å². The summed E-state index contributed by atoms with van der Waals surface area (Å²) in [7, 11) is 0. The van der Waals surface area contributed by atoms with Crippen molar-refractivity contribution in [3.05, 3.63) is 102 Å². The van der Waals surface area contributed by atoms with Crippen LogP contribution in [0.15, 0.2) is 84.9 Å². The van der Waals surface area contributed by atoms with E-state index in [-0.39, 0.29) is 30.2 Å². The number of aryl methyl sites for hydroxylation is 2. The van der Waals surface area contributed by atoms with E-state index in [1.807, 2.05) is 106 Å². The number of benzene rings is 3. The Morgan fingerprint density at radius 1 is 0.897 bits per heavy atom. The van der Waals surface area contributed by atoms with E-state index in [1.54, 1.807) is 9.58 Å². The van der Waals surface area contributed by atoms with Gasteiger partial charge >= 0.3 is 0 Å². The standard InChI is InChI=1S/C33H38N4O2/c1-6-28(26-16-9-7-10-17-26)33(39)36(21-23(2)3)22-30(38)34-32-31(27-18-11-8-12-19-27)25(5)35-37(32)29-20-14-13-15-24(29)4/h7-20,23,28H,6,21-22H2,1-5H3,(H,34,38). The van der Waals surface area contributed by atoms with Crippen LogP contribution in [0, 0.1) is 19.8 Å². The van der Waals surface area contributed by atoms with Gasteiger partial charge in [-0.3, -0.25) is 9.59 Å². The highest BCUT2D eigenvalue weighted by Gasteiger charge is 2.28. The first-order chi connectivity index (χ1) is 18.8. The fourth-order valence-corrected chi connectivity index (χ4v) is 5.05. The first-order valence-corrected chi connectivity index (χ1v) is 13.6. The summed E-state index contributed by atoms with van der Waals surface area (Å²) in [5.41, 5.74) is 5.55. The lowest BCUT2D eigenvalue weighted by atomic mass is 9.94. The molecule has 39 heavy (non-hydrogen) atoms. The van der Waals surface area contributed by atoms with Crippen LogP contribution < -0.4 is 5.32 Å². The molecule has 1 atom stereocenters. The highest BCUT2D eigenvalue weighted by molar-refractivity contribution is 5.98. The van der Waals surface area contributed by atoms with Crippen LogP contribution >= 0.6 is 0 Å². The first kappa shape index (κ1) is 27.8. The van der Waals surface area contributed by atoms with E-state index in [0.29, 0.717) is 18.8 Å². The topological polar surface area (TPSA) is 67.2 Å². The summed E-state index contributed by atoms with van der Waals surface area (Å²) in [6.45, 7) is 10.6. The third-order valence-corrected chi connectivity index (χ3v) is 6.86. The Morgan fingerprint density at radius 2 is 1.51 bits per heavy atom. The SMILES string of the molecule is CCC(C(=O)N(CC(=O)Nc1c(-c2ccccc2)c(C)nn1-c1ccccc1C)CC(C)C)c1ccccc1. The lowest BCUT2D eigenvalue weighted by Crippen LogP contribution is -2.42. The highest BCUT2D eigenvalue weighted by Crippen LogP contribution is 2.34. The average molecular weight is 523 g/mol. The van der Waals surface area contributed by atoms with Crippen molar-refractivity contribution in [2.45, 2.75) is 47.0 Å². The van der Waals surface area contributed by atoms with Crippen LogP contribution in [0.1, 0.15) is 49.9 Å². The Hall–Kier alpha value is -4.19. The molecule has 4 rings (SSSR count). The van der Waals surface area contributed by atoms with Crippen molar-refractivity contribution in [3.8, 4) is 16.8 Å². The van der Waals surface area contributed by atoms with Gasteiger partial charge in [-0.25, -0.2) is 4.68 Å². The molecule has 0 saturated heterocycles. The zero-order valence-corrected chi connectivity index (χ0v) is 23.5. The number of rotatable bonds is 10. The van der Waals surface area contributed by atoms with Gasteiger partial charge in [0, 0.05) is 12.1 Å². The van der Waals surface area contributed by atoms with Gasteiger partial charge in [0.1, 0.15) is 5.82 Å². The summed E-state index contributed by atoms with van der Waals surface area (Å²) in [5.74, 6) is 0.246. The van der Waals surface area contributed by atoms with Crippen molar-refractivity contribution < 1.29 is 9.59 Å². The Morgan fingerprint density at radius 3 is 2.13 bits per heavy atom. The Labute approximate surface area is 231 Å². The molecule has 0 fully saturated rings. The summed E-state index contributed by atoms with van der Waals surface area (Å²) in [6, 6.07) is 27.7. The van der Waals surface area contributed by atoms with Crippen LogP contribution in [0.4, 0.5) is 5.82 Å². The molecular formula is C33H38N4O2. The largest absolute Gasteiger partial charge is 0.333 e. The van der Waals surface area contributed by atoms with Gasteiger partial charge in [0.2, 0.25) is 11.8 Å². The quantitative estimate of drug-likeness (QED) is 0.250. The van der Waals surface area contributed by atoms with Crippen LogP contribution in [0.2, 0.25) is 0 Å². The molecule has 6 nitrogen and oxygen atoms in total. The van der Waals surface area contributed by atoms with E-state index >= 15 is 0 Å². The second kappa shape index (κ2) is 12.6. The molecule has 1 unspecified atom stereocenters. The lowest BCUT2D eigenvalue weighted by molar-refractivity contribution is -0.136. The fraction of sp³-hybridized carbons (Fsp3) is 0.303. The molecule has 0 aliphatic heterocycles. The van der Waals surface area contributed by atoms with E-state index in [1.165, 1.54) is 0 Å². The number of amides is 2. The minimum Gasteiger partial charge on any atom is -0.333 e. The Kier molecular flexibility index (Phi) is 8.97. The number of carbonyl (C=O) groups excluding carboxylic acids is 2. The predicted molar refractivity (Wildman–Crippen MR) is 158 cm³/mol. The minimum absolute atomic E-state index is 0.0283. The molecule has 3 aromatic carbocycles. The van der Waals surface area contributed by atoms with Crippen molar-refractivity contribution in [3.63, 3.8) is 0 Å². The zero-order chi connectivity index (χ0) is 27.9. The van der Waals surface area contributed by atoms with Crippen molar-refractivity contribution in [2.75, 3.05) is 18.4 Å². The van der Waals surface area contributed by atoms with Crippen molar-refractivity contribution in [1.29, 1.82) is 0 Å². The van der Waals surface area contributed by atoms with E-state index in [4.69, 9.17) is 5.10 Å². The van der Waals surface area contributed by atoms with Crippen LogP contribution in [0.3, 0.4) is 0 Å². The molecule has 202 valence electrons. The molecule has 0 aliphatic carbocycles. The van der Waals surface area contributed by atoms with Gasteiger partial charge in [-0.2, -0.15) is 5.10 Å². The summed E-state index contributed by atoms with van der Waals surface area (Å²) >= 11 is 0. The molecule has 1 heterocycles. The average Bonchev–Trinajstić information content (AvgIpc) is 3.24. The third-order valence-electron chi connectivity index (χ3n) is 6.86. The van der Waals surface area contributed by atoms with Crippen LogP contribution in [-0.4, -0.2) is 39.6 Å². The Bertz CT molecular complexity index is 1410. The molecule has 0 bridgehead atoms. The maximum absolute atomic E-state index is 13.8. The molecular weight excluding hydrogens is 484 g/mol. The summed E-state index contributed by atoms with van der Waals surface area (Å²) < 4.78 is 1.80. The predicted octanol–water partition coefficient (Wildman–Crippen LogP) is 6.77. The number of hydrogen-bond acceptors (Lipinski definition) is 3. The van der Waals surface area contributed by atoms with Crippen molar-refractivity contribution >= 4 is 17.6 Å². The normalized spacial score (nSPS) is 11.8. The molecule has 4 aromatic rings. The number of para-hydroxylation sites is 1. The monoisotopic (exact) mass is 522 g/mol.